The zero-order valence-electron chi connectivity index (χ0n) is 8.80. The van der Waals surface area contributed by atoms with Crippen LogP contribution in [0.1, 0.15) is 15.9 Å². The molecule has 0 aromatic heterocycles. The van der Waals surface area contributed by atoms with E-state index in [4.69, 9.17) is 5.73 Å². The largest absolute Gasteiger partial charge is 0.416 e. The average Bonchev–Trinajstić information content (AvgIpc) is 2.15. The average molecular weight is 232 g/mol. The van der Waals surface area contributed by atoms with E-state index in [-0.39, 0.29) is 11.3 Å². The Morgan fingerprint density at radius 3 is 2.31 bits per heavy atom. The van der Waals surface area contributed by atoms with Gasteiger partial charge in [0.1, 0.15) is 0 Å². The predicted octanol–water partition coefficient (Wildman–Crippen LogP) is 1.99. The first kappa shape index (κ1) is 12.4. The van der Waals surface area contributed by atoms with Crippen LogP contribution in [0.4, 0.5) is 18.9 Å². The normalized spacial score (nSPS) is 11.3. The molecule has 3 nitrogen and oxygen atoms in total. The van der Waals surface area contributed by atoms with Crippen LogP contribution >= 0.6 is 0 Å². The van der Waals surface area contributed by atoms with Crippen molar-refractivity contribution < 1.29 is 18.0 Å². The summed E-state index contributed by atoms with van der Waals surface area (Å²) in [5.41, 5.74) is 4.47. The maximum Gasteiger partial charge on any atom is 0.416 e. The Kier molecular flexibility index (Phi) is 3.11. The van der Waals surface area contributed by atoms with Gasteiger partial charge in [0, 0.05) is 19.8 Å². The van der Waals surface area contributed by atoms with E-state index in [1.807, 2.05) is 0 Å². The molecule has 88 valence electrons. The Bertz CT molecular complexity index is 413. The van der Waals surface area contributed by atoms with E-state index in [0.717, 1.165) is 18.2 Å². The molecule has 0 unspecified atom stereocenters. The van der Waals surface area contributed by atoms with Crippen LogP contribution < -0.4 is 5.73 Å². The second kappa shape index (κ2) is 4.03. The highest BCUT2D eigenvalue weighted by molar-refractivity contribution is 5.99. The molecule has 1 aromatic rings. The Labute approximate surface area is 90.6 Å². The number of amides is 1. The maximum absolute atomic E-state index is 12.4. The zero-order valence-corrected chi connectivity index (χ0v) is 8.80. The number of carbonyl (C=O) groups is 1. The molecule has 0 heterocycles. The molecule has 0 fully saturated rings. The number of hydrogen-bond donors (Lipinski definition) is 1. The lowest BCUT2D eigenvalue weighted by Crippen LogP contribution is -2.23. The fourth-order valence-corrected chi connectivity index (χ4v) is 1.16. The van der Waals surface area contributed by atoms with E-state index in [9.17, 15) is 18.0 Å². The third-order valence-electron chi connectivity index (χ3n) is 2.02. The van der Waals surface area contributed by atoms with Crippen molar-refractivity contribution >= 4 is 11.6 Å². The highest BCUT2D eigenvalue weighted by Crippen LogP contribution is 2.31. The number of carbonyl (C=O) groups excluding carboxylic acids is 1. The quantitative estimate of drug-likeness (QED) is 0.752. The van der Waals surface area contributed by atoms with Crippen molar-refractivity contribution in [1.29, 1.82) is 0 Å². The molecule has 1 amide bonds. The van der Waals surface area contributed by atoms with E-state index in [1.165, 1.54) is 19.0 Å². The molecule has 0 saturated heterocycles. The number of nitrogens with two attached hydrogens (primary N) is 1. The number of anilines is 1. The summed E-state index contributed by atoms with van der Waals surface area (Å²) in [6.07, 6.45) is -4.48. The molecule has 0 aliphatic heterocycles. The molecular weight excluding hydrogens is 221 g/mol. The number of benzene rings is 1. The summed E-state index contributed by atoms with van der Waals surface area (Å²) < 4.78 is 37.2. The molecule has 1 rings (SSSR count). The monoisotopic (exact) mass is 232 g/mol. The van der Waals surface area contributed by atoms with Crippen molar-refractivity contribution in [3.8, 4) is 0 Å². The molecule has 0 bridgehead atoms. The molecule has 2 N–H and O–H groups in total. The third kappa shape index (κ3) is 2.44. The fourth-order valence-electron chi connectivity index (χ4n) is 1.16. The van der Waals surface area contributed by atoms with E-state index >= 15 is 0 Å². The van der Waals surface area contributed by atoms with Gasteiger partial charge in [-0.2, -0.15) is 13.2 Å². The van der Waals surface area contributed by atoms with Gasteiger partial charge in [-0.1, -0.05) is 0 Å². The lowest BCUT2D eigenvalue weighted by atomic mass is 10.1. The number of hydrogen-bond acceptors (Lipinski definition) is 2. The van der Waals surface area contributed by atoms with Crippen LogP contribution in [0.2, 0.25) is 0 Å². The van der Waals surface area contributed by atoms with Gasteiger partial charge in [-0.15, -0.1) is 0 Å². The SMILES string of the molecule is CN(C)C(=O)c1cc(C(F)(F)F)ccc1N. The molecule has 0 spiro atoms. The number of rotatable bonds is 1. The van der Waals surface area contributed by atoms with E-state index in [2.05, 4.69) is 0 Å². The van der Waals surface area contributed by atoms with Gasteiger partial charge >= 0.3 is 6.18 Å². The number of alkyl halides is 3. The molecule has 0 aliphatic carbocycles. The second-order valence-electron chi connectivity index (χ2n) is 3.50. The molecule has 0 aliphatic rings. The van der Waals surface area contributed by atoms with Gasteiger partial charge in [-0.25, -0.2) is 0 Å². The highest BCUT2D eigenvalue weighted by atomic mass is 19.4. The minimum atomic E-state index is -4.48. The summed E-state index contributed by atoms with van der Waals surface area (Å²) in [5, 5.41) is 0. The van der Waals surface area contributed by atoms with Crippen molar-refractivity contribution in [2.75, 3.05) is 19.8 Å². The van der Waals surface area contributed by atoms with Crippen LogP contribution in [0.5, 0.6) is 0 Å². The van der Waals surface area contributed by atoms with Gasteiger partial charge in [0.25, 0.3) is 5.91 Å². The van der Waals surface area contributed by atoms with E-state index in [1.54, 1.807) is 0 Å². The predicted molar refractivity (Wildman–Crippen MR) is 53.9 cm³/mol. The zero-order chi connectivity index (χ0) is 12.5. The van der Waals surface area contributed by atoms with E-state index in [0.29, 0.717) is 0 Å². The summed E-state index contributed by atoms with van der Waals surface area (Å²) in [5.74, 6) is -0.552. The molecular formula is C10H11F3N2O. The van der Waals surface area contributed by atoms with Gasteiger partial charge in [-0.05, 0) is 18.2 Å². The number of nitrogens with zero attached hydrogens (tertiary/aromatic N) is 1. The smallest absolute Gasteiger partial charge is 0.398 e. The summed E-state index contributed by atoms with van der Waals surface area (Å²) in [7, 11) is 2.89. The Balaban J connectivity index is 3.25. The first-order valence-electron chi connectivity index (χ1n) is 4.42. The van der Waals surface area contributed by atoms with Crippen LogP contribution in [-0.2, 0) is 6.18 Å². The topological polar surface area (TPSA) is 46.3 Å². The molecule has 0 radical (unpaired) electrons. The second-order valence-corrected chi connectivity index (χ2v) is 3.50. The number of nitrogen functional groups attached to an aromatic ring is 1. The lowest BCUT2D eigenvalue weighted by Gasteiger charge is -2.14. The first-order chi connectivity index (χ1) is 7.23. The van der Waals surface area contributed by atoms with Crippen LogP contribution in [0.3, 0.4) is 0 Å². The van der Waals surface area contributed by atoms with E-state index < -0.39 is 17.6 Å². The van der Waals surface area contributed by atoms with Crippen molar-refractivity contribution in [2.45, 2.75) is 6.18 Å². The maximum atomic E-state index is 12.4. The highest BCUT2D eigenvalue weighted by Gasteiger charge is 2.31. The van der Waals surface area contributed by atoms with Crippen LogP contribution in [-0.4, -0.2) is 24.9 Å². The van der Waals surface area contributed by atoms with Crippen molar-refractivity contribution in [3.05, 3.63) is 29.3 Å². The Morgan fingerprint density at radius 1 is 1.31 bits per heavy atom. The van der Waals surface area contributed by atoms with Crippen LogP contribution in [0.15, 0.2) is 18.2 Å². The molecule has 0 atom stereocenters. The van der Waals surface area contributed by atoms with Crippen molar-refractivity contribution in [1.82, 2.24) is 4.90 Å². The lowest BCUT2D eigenvalue weighted by molar-refractivity contribution is -0.137. The molecule has 16 heavy (non-hydrogen) atoms. The third-order valence-corrected chi connectivity index (χ3v) is 2.02. The summed E-state index contributed by atoms with van der Waals surface area (Å²) in [6.45, 7) is 0. The minimum Gasteiger partial charge on any atom is -0.398 e. The number of halogens is 3. The van der Waals surface area contributed by atoms with Gasteiger partial charge in [0.15, 0.2) is 0 Å². The van der Waals surface area contributed by atoms with Crippen LogP contribution in [0.25, 0.3) is 0 Å². The molecule has 0 saturated carbocycles. The standard InChI is InChI=1S/C10H11F3N2O/c1-15(2)9(16)7-5-6(10(11,12)13)3-4-8(7)14/h3-5H,14H2,1-2H3. The molecule has 6 heteroatoms. The van der Waals surface area contributed by atoms with Crippen molar-refractivity contribution in [3.63, 3.8) is 0 Å². The summed E-state index contributed by atoms with van der Waals surface area (Å²) >= 11 is 0. The minimum absolute atomic E-state index is 0.0340. The first-order valence-corrected chi connectivity index (χ1v) is 4.42. The van der Waals surface area contributed by atoms with Gasteiger partial charge in [-0.3, -0.25) is 4.79 Å². The fraction of sp³-hybridized carbons (Fsp3) is 0.300. The molecule has 1 aromatic carbocycles. The Hall–Kier alpha value is -1.72. The van der Waals surface area contributed by atoms with Gasteiger partial charge < -0.3 is 10.6 Å². The van der Waals surface area contributed by atoms with Crippen molar-refractivity contribution in [2.24, 2.45) is 0 Å². The summed E-state index contributed by atoms with van der Waals surface area (Å²) in [6, 6.07) is 2.69. The summed E-state index contributed by atoms with van der Waals surface area (Å²) in [4.78, 5) is 12.7. The Morgan fingerprint density at radius 2 is 1.88 bits per heavy atom. The van der Waals surface area contributed by atoms with Gasteiger partial charge in [0.2, 0.25) is 0 Å². The van der Waals surface area contributed by atoms with Gasteiger partial charge in [0.05, 0.1) is 11.1 Å². The van der Waals surface area contributed by atoms with Crippen LogP contribution in [0, 0.1) is 0 Å².